The van der Waals surface area contributed by atoms with E-state index in [0.717, 1.165) is 9.87 Å². The molecule has 0 aliphatic carbocycles. The fourth-order valence-electron chi connectivity index (χ4n) is 0.925. The first kappa shape index (κ1) is 12.6. The van der Waals surface area contributed by atoms with E-state index >= 15 is 0 Å². The minimum absolute atomic E-state index is 0.996. The van der Waals surface area contributed by atoms with Gasteiger partial charge in [-0.2, -0.15) is 17.1 Å². The van der Waals surface area contributed by atoms with Crippen LogP contribution in [-0.2, 0) is 10.2 Å². The van der Waals surface area contributed by atoms with Crippen LogP contribution in [-0.4, -0.2) is 33.0 Å². The van der Waals surface area contributed by atoms with E-state index in [4.69, 9.17) is 0 Å². The Kier molecular flexibility index (Phi) is 4.39. The standard InChI is InChI=1S/C11H14N2O2S/c1-13(2)16(14,15)12-10-6-9-11-7-4-3-5-8-11/h3-10H,1-2H3/b9-6+,12-10+. The van der Waals surface area contributed by atoms with Crippen LogP contribution in [0, 0.1) is 0 Å². The van der Waals surface area contributed by atoms with Gasteiger partial charge in [-0.05, 0) is 11.6 Å². The van der Waals surface area contributed by atoms with Crippen molar-refractivity contribution < 1.29 is 8.42 Å². The van der Waals surface area contributed by atoms with Crippen molar-refractivity contribution in [3.63, 3.8) is 0 Å². The fraction of sp³-hybridized carbons (Fsp3) is 0.182. The molecule has 16 heavy (non-hydrogen) atoms. The molecule has 0 aliphatic rings. The van der Waals surface area contributed by atoms with E-state index in [-0.39, 0.29) is 0 Å². The molecule has 1 rings (SSSR count). The van der Waals surface area contributed by atoms with Crippen LogP contribution in [0.5, 0.6) is 0 Å². The van der Waals surface area contributed by atoms with Gasteiger partial charge in [-0.1, -0.05) is 36.4 Å². The zero-order valence-corrected chi connectivity index (χ0v) is 10.1. The predicted molar refractivity (Wildman–Crippen MR) is 66.6 cm³/mol. The van der Waals surface area contributed by atoms with Gasteiger partial charge in [0.15, 0.2) is 0 Å². The highest BCUT2D eigenvalue weighted by molar-refractivity contribution is 7.87. The molecule has 5 heteroatoms. The maximum atomic E-state index is 11.2. The van der Waals surface area contributed by atoms with Gasteiger partial charge in [0.2, 0.25) is 0 Å². The van der Waals surface area contributed by atoms with Crippen LogP contribution in [0.25, 0.3) is 6.08 Å². The molecule has 0 bridgehead atoms. The topological polar surface area (TPSA) is 49.7 Å². The average molecular weight is 238 g/mol. The minimum Gasteiger partial charge on any atom is -0.189 e. The summed E-state index contributed by atoms with van der Waals surface area (Å²) in [5.41, 5.74) is 0.996. The van der Waals surface area contributed by atoms with Crippen molar-refractivity contribution in [3.8, 4) is 0 Å². The van der Waals surface area contributed by atoms with Gasteiger partial charge in [0, 0.05) is 20.3 Å². The molecule has 0 aromatic heterocycles. The molecule has 0 N–H and O–H groups in total. The summed E-state index contributed by atoms with van der Waals surface area (Å²) >= 11 is 0. The van der Waals surface area contributed by atoms with E-state index in [2.05, 4.69) is 4.40 Å². The molecule has 1 aromatic carbocycles. The highest BCUT2D eigenvalue weighted by atomic mass is 32.2. The number of hydrogen-bond acceptors (Lipinski definition) is 2. The zero-order chi connectivity index (χ0) is 12.0. The van der Waals surface area contributed by atoms with Gasteiger partial charge < -0.3 is 0 Å². The lowest BCUT2D eigenvalue weighted by molar-refractivity contribution is 0.523. The highest BCUT2D eigenvalue weighted by Crippen LogP contribution is 2.00. The van der Waals surface area contributed by atoms with E-state index < -0.39 is 10.2 Å². The van der Waals surface area contributed by atoms with Crippen LogP contribution in [0.4, 0.5) is 0 Å². The molecule has 0 heterocycles. The monoisotopic (exact) mass is 238 g/mol. The quantitative estimate of drug-likeness (QED) is 0.748. The molecular weight excluding hydrogens is 224 g/mol. The Morgan fingerprint density at radius 3 is 2.38 bits per heavy atom. The number of benzene rings is 1. The Morgan fingerprint density at radius 1 is 1.19 bits per heavy atom. The second-order valence-electron chi connectivity index (χ2n) is 3.28. The molecule has 0 aliphatic heterocycles. The number of nitrogens with zero attached hydrogens (tertiary/aromatic N) is 2. The first-order valence-electron chi connectivity index (χ1n) is 4.72. The Labute approximate surface area is 96.1 Å². The zero-order valence-electron chi connectivity index (χ0n) is 9.24. The molecule has 0 atom stereocenters. The van der Waals surface area contributed by atoms with Crippen molar-refractivity contribution >= 4 is 22.5 Å². The van der Waals surface area contributed by atoms with Crippen molar-refractivity contribution in [3.05, 3.63) is 42.0 Å². The molecule has 1 aromatic rings. The molecule has 0 amide bonds. The largest absolute Gasteiger partial charge is 0.321 e. The molecule has 0 saturated carbocycles. The van der Waals surface area contributed by atoms with Gasteiger partial charge >= 0.3 is 10.2 Å². The van der Waals surface area contributed by atoms with E-state index in [1.807, 2.05) is 30.3 Å². The van der Waals surface area contributed by atoms with Crippen molar-refractivity contribution in [2.75, 3.05) is 14.1 Å². The number of rotatable bonds is 4. The highest BCUT2D eigenvalue weighted by Gasteiger charge is 2.07. The van der Waals surface area contributed by atoms with Crippen LogP contribution in [0.1, 0.15) is 5.56 Å². The van der Waals surface area contributed by atoms with E-state index in [9.17, 15) is 8.42 Å². The van der Waals surface area contributed by atoms with Crippen molar-refractivity contribution in [1.82, 2.24) is 4.31 Å². The van der Waals surface area contributed by atoms with E-state index in [1.165, 1.54) is 20.3 Å². The lowest BCUT2D eigenvalue weighted by atomic mass is 10.2. The summed E-state index contributed by atoms with van der Waals surface area (Å²) in [5, 5.41) is 0. The summed E-state index contributed by atoms with van der Waals surface area (Å²) < 4.78 is 27.0. The Balaban J connectivity index is 2.66. The summed E-state index contributed by atoms with van der Waals surface area (Å²) in [6.07, 6.45) is 4.65. The van der Waals surface area contributed by atoms with Crippen molar-refractivity contribution in [2.45, 2.75) is 0 Å². The van der Waals surface area contributed by atoms with Gasteiger partial charge in [-0.3, -0.25) is 0 Å². The second kappa shape index (κ2) is 5.58. The Bertz CT molecular complexity index is 476. The molecule has 0 radical (unpaired) electrons. The second-order valence-corrected chi connectivity index (χ2v) is 5.12. The summed E-state index contributed by atoms with van der Waals surface area (Å²) in [6.45, 7) is 0. The fourth-order valence-corrected chi connectivity index (χ4v) is 1.34. The molecular formula is C11H14N2O2S. The summed E-state index contributed by atoms with van der Waals surface area (Å²) in [6, 6.07) is 9.58. The third kappa shape index (κ3) is 3.96. The smallest absolute Gasteiger partial charge is 0.189 e. The third-order valence-electron chi connectivity index (χ3n) is 1.83. The summed E-state index contributed by atoms with van der Waals surface area (Å²) in [7, 11) is -0.625. The van der Waals surface area contributed by atoms with Crippen LogP contribution < -0.4 is 0 Å². The van der Waals surface area contributed by atoms with Crippen LogP contribution in [0.2, 0.25) is 0 Å². The molecule has 0 unspecified atom stereocenters. The SMILES string of the molecule is CN(C)S(=O)(=O)/N=C/C=C/c1ccccc1. The number of hydrogen-bond donors (Lipinski definition) is 0. The first-order chi connectivity index (χ1) is 7.52. The third-order valence-corrected chi connectivity index (χ3v) is 3.14. The number of allylic oxidation sites excluding steroid dienone is 1. The van der Waals surface area contributed by atoms with Gasteiger partial charge in [-0.25, -0.2) is 0 Å². The van der Waals surface area contributed by atoms with Crippen LogP contribution in [0.15, 0.2) is 40.8 Å². The average Bonchev–Trinajstić information content (AvgIpc) is 2.26. The normalized spacial score (nSPS) is 12.9. The van der Waals surface area contributed by atoms with E-state index in [0.29, 0.717) is 0 Å². The van der Waals surface area contributed by atoms with Crippen LogP contribution in [0.3, 0.4) is 0 Å². The molecule has 4 nitrogen and oxygen atoms in total. The lowest BCUT2D eigenvalue weighted by Gasteiger charge is -2.03. The van der Waals surface area contributed by atoms with Crippen molar-refractivity contribution in [1.29, 1.82) is 0 Å². The molecule has 0 spiro atoms. The Hall–Kier alpha value is -1.46. The van der Waals surface area contributed by atoms with Gasteiger partial charge in [0.25, 0.3) is 0 Å². The van der Waals surface area contributed by atoms with Crippen molar-refractivity contribution in [2.24, 2.45) is 4.40 Å². The van der Waals surface area contributed by atoms with Gasteiger partial charge in [0.1, 0.15) is 0 Å². The molecule has 0 saturated heterocycles. The van der Waals surface area contributed by atoms with Crippen LogP contribution >= 0.6 is 0 Å². The summed E-state index contributed by atoms with van der Waals surface area (Å²) in [4.78, 5) is 0. The summed E-state index contributed by atoms with van der Waals surface area (Å²) in [5.74, 6) is 0. The molecule has 0 fully saturated rings. The predicted octanol–water partition coefficient (Wildman–Crippen LogP) is 1.58. The van der Waals surface area contributed by atoms with Gasteiger partial charge in [-0.15, -0.1) is 0 Å². The van der Waals surface area contributed by atoms with E-state index in [1.54, 1.807) is 12.2 Å². The van der Waals surface area contributed by atoms with Gasteiger partial charge in [0.05, 0.1) is 0 Å². The molecule has 86 valence electrons. The first-order valence-corrected chi connectivity index (χ1v) is 6.11. The maximum absolute atomic E-state index is 11.2. The minimum atomic E-state index is -3.50. The Morgan fingerprint density at radius 2 is 1.81 bits per heavy atom. The lowest BCUT2D eigenvalue weighted by Crippen LogP contribution is -2.19. The maximum Gasteiger partial charge on any atom is 0.321 e.